The minimum Gasteiger partial charge on any atom is -0.461 e. The van der Waals surface area contributed by atoms with E-state index in [1.165, 1.54) is 0 Å². The van der Waals surface area contributed by atoms with Gasteiger partial charge >= 0.3 is 5.97 Å². The molecular weight excluding hydrogens is 344 g/mol. The number of ether oxygens (including phenoxy) is 1. The number of hydrogen-bond acceptors (Lipinski definition) is 7. The average molecular weight is 357 g/mol. The third-order valence-corrected chi connectivity index (χ3v) is 4.52. The second kappa shape index (κ2) is 5.86. The van der Waals surface area contributed by atoms with Crippen LogP contribution in [0.5, 0.6) is 0 Å². The van der Waals surface area contributed by atoms with Crippen molar-refractivity contribution in [1.29, 1.82) is 5.26 Å². The first-order chi connectivity index (χ1) is 12.1. The van der Waals surface area contributed by atoms with Crippen LogP contribution in [-0.4, -0.2) is 46.0 Å². The number of nitriles is 1. The lowest BCUT2D eigenvalue weighted by Gasteiger charge is -2.24. The van der Waals surface area contributed by atoms with Gasteiger partial charge < -0.3 is 9.64 Å². The lowest BCUT2D eigenvalue weighted by molar-refractivity contribution is 0.0518. The number of benzene rings is 1. The number of aromatic nitrogens is 3. The summed E-state index contributed by atoms with van der Waals surface area (Å²) in [5.74, 6) is -0.534. The van der Waals surface area contributed by atoms with Gasteiger partial charge in [-0.1, -0.05) is 16.8 Å². The summed E-state index contributed by atoms with van der Waals surface area (Å²) < 4.78 is 6.67. The van der Waals surface area contributed by atoms with Crippen LogP contribution in [0.15, 0.2) is 23.2 Å². The van der Waals surface area contributed by atoms with E-state index >= 15 is 0 Å². The maximum absolute atomic E-state index is 12.2. The molecule has 1 aromatic heterocycles. The van der Waals surface area contributed by atoms with Gasteiger partial charge in [-0.25, -0.2) is 9.48 Å². The minimum absolute atomic E-state index is 0.151. The van der Waals surface area contributed by atoms with Gasteiger partial charge in [0.05, 0.1) is 42.1 Å². The van der Waals surface area contributed by atoms with Crippen molar-refractivity contribution >= 4 is 29.6 Å². The van der Waals surface area contributed by atoms with Crippen LogP contribution in [-0.2, 0) is 11.2 Å². The molecule has 0 spiro atoms. The standard InChI is InChI=1S/C16H13ClN6O2/c1-2-25-16(24)15-14-6-12-10(7-18)19-8-22(12)11-4-3-9(17)5-13(11)23(14)21-20-15/h3-5,8,10,12H,2,6H2,1H3. The minimum atomic E-state index is -0.542. The van der Waals surface area contributed by atoms with Gasteiger partial charge in [0.2, 0.25) is 0 Å². The summed E-state index contributed by atoms with van der Waals surface area (Å²) in [5.41, 5.74) is 2.21. The molecule has 2 aromatic rings. The van der Waals surface area contributed by atoms with E-state index in [4.69, 9.17) is 16.3 Å². The normalized spacial score (nSPS) is 20.3. The van der Waals surface area contributed by atoms with Gasteiger partial charge in [-0.3, -0.25) is 4.99 Å². The monoisotopic (exact) mass is 356 g/mol. The van der Waals surface area contributed by atoms with Crippen LogP contribution in [0.1, 0.15) is 23.1 Å². The first-order valence-electron chi connectivity index (χ1n) is 7.77. The highest BCUT2D eigenvalue weighted by Crippen LogP contribution is 2.36. The van der Waals surface area contributed by atoms with Crippen molar-refractivity contribution < 1.29 is 9.53 Å². The number of rotatable bonds is 2. The van der Waals surface area contributed by atoms with Crippen LogP contribution in [0.2, 0.25) is 5.02 Å². The van der Waals surface area contributed by atoms with E-state index in [0.717, 1.165) is 5.69 Å². The van der Waals surface area contributed by atoms with E-state index in [-0.39, 0.29) is 18.3 Å². The summed E-state index contributed by atoms with van der Waals surface area (Å²) in [5, 5.41) is 18.1. The molecule has 1 aromatic carbocycles. The molecule has 0 N–H and O–H groups in total. The number of halogens is 1. The van der Waals surface area contributed by atoms with E-state index in [2.05, 4.69) is 21.4 Å². The molecule has 0 bridgehead atoms. The number of carbonyl (C=O) groups is 1. The third kappa shape index (κ3) is 2.36. The van der Waals surface area contributed by atoms with Crippen molar-refractivity contribution in [3.8, 4) is 11.8 Å². The summed E-state index contributed by atoms with van der Waals surface area (Å²) in [4.78, 5) is 18.4. The molecular formula is C16H13ClN6O2. The number of carbonyl (C=O) groups excluding carboxylic acids is 1. The molecule has 25 heavy (non-hydrogen) atoms. The maximum atomic E-state index is 12.2. The molecule has 0 amide bonds. The third-order valence-electron chi connectivity index (χ3n) is 4.28. The Kier molecular flexibility index (Phi) is 3.66. The van der Waals surface area contributed by atoms with Gasteiger partial charge in [0.15, 0.2) is 11.7 Å². The van der Waals surface area contributed by atoms with E-state index in [1.807, 2.05) is 11.0 Å². The fraction of sp³-hybridized carbons (Fsp3) is 0.312. The zero-order chi connectivity index (χ0) is 17.6. The van der Waals surface area contributed by atoms with Crippen LogP contribution in [0.3, 0.4) is 0 Å². The molecule has 2 aliphatic rings. The van der Waals surface area contributed by atoms with Gasteiger partial charge in [0.1, 0.15) is 0 Å². The fourth-order valence-electron chi connectivity index (χ4n) is 3.17. The second-order valence-corrected chi connectivity index (χ2v) is 6.10. The topological polar surface area (TPSA) is 96.4 Å². The van der Waals surface area contributed by atoms with E-state index in [1.54, 1.807) is 30.1 Å². The summed E-state index contributed by atoms with van der Waals surface area (Å²) in [7, 11) is 0. The van der Waals surface area contributed by atoms with E-state index in [9.17, 15) is 10.1 Å². The van der Waals surface area contributed by atoms with Gasteiger partial charge in [-0.15, -0.1) is 5.10 Å². The smallest absolute Gasteiger partial charge is 0.360 e. The molecule has 2 aliphatic heterocycles. The molecule has 4 rings (SSSR count). The van der Waals surface area contributed by atoms with Crippen LogP contribution in [0, 0.1) is 11.3 Å². The molecule has 0 aliphatic carbocycles. The zero-order valence-corrected chi connectivity index (χ0v) is 14.0. The molecule has 0 radical (unpaired) electrons. The lowest BCUT2D eigenvalue weighted by Crippen LogP contribution is -2.37. The Balaban J connectivity index is 1.92. The van der Waals surface area contributed by atoms with Gasteiger partial charge in [0.25, 0.3) is 0 Å². The first-order valence-corrected chi connectivity index (χ1v) is 8.14. The van der Waals surface area contributed by atoms with Crippen LogP contribution >= 0.6 is 11.6 Å². The molecule has 8 nitrogen and oxygen atoms in total. The maximum Gasteiger partial charge on any atom is 0.360 e. The Morgan fingerprint density at radius 2 is 2.32 bits per heavy atom. The largest absolute Gasteiger partial charge is 0.461 e. The van der Waals surface area contributed by atoms with Crippen molar-refractivity contribution in [2.24, 2.45) is 4.99 Å². The van der Waals surface area contributed by atoms with Gasteiger partial charge in [-0.2, -0.15) is 5.26 Å². The molecule has 3 heterocycles. The average Bonchev–Trinajstić information content (AvgIpc) is 3.17. The van der Waals surface area contributed by atoms with E-state index < -0.39 is 12.0 Å². The quantitative estimate of drug-likeness (QED) is 0.761. The van der Waals surface area contributed by atoms with Crippen molar-refractivity contribution in [2.75, 3.05) is 11.5 Å². The summed E-state index contributed by atoms with van der Waals surface area (Å²) in [6, 6.07) is 6.76. The van der Waals surface area contributed by atoms with Crippen molar-refractivity contribution in [2.45, 2.75) is 25.4 Å². The number of esters is 1. The Bertz CT molecular complexity index is 931. The number of aliphatic imine (C=N–C) groups is 1. The van der Waals surface area contributed by atoms with Crippen molar-refractivity contribution in [3.63, 3.8) is 0 Å². The molecule has 0 saturated heterocycles. The molecule has 0 fully saturated rings. The highest BCUT2D eigenvalue weighted by Gasteiger charge is 2.39. The van der Waals surface area contributed by atoms with Gasteiger partial charge in [-0.05, 0) is 25.1 Å². The Hall–Kier alpha value is -2.92. The zero-order valence-electron chi connectivity index (χ0n) is 13.3. The van der Waals surface area contributed by atoms with Crippen LogP contribution in [0.4, 0.5) is 5.69 Å². The predicted octanol–water partition coefficient (Wildman–Crippen LogP) is 1.76. The molecule has 2 unspecified atom stereocenters. The van der Waals surface area contributed by atoms with Gasteiger partial charge in [0, 0.05) is 11.4 Å². The predicted molar refractivity (Wildman–Crippen MR) is 90.2 cm³/mol. The molecule has 0 saturated carbocycles. The second-order valence-electron chi connectivity index (χ2n) is 5.67. The molecule has 2 atom stereocenters. The number of hydrogen-bond donors (Lipinski definition) is 0. The SMILES string of the molecule is CCOC(=O)c1nnn2c1CC1C(C#N)N=CN1c1ccc(Cl)cc1-2. The Labute approximate surface area is 148 Å². The van der Waals surface area contributed by atoms with E-state index in [0.29, 0.717) is 22.8 Å². The molecule has 9 heteroatoms. The Morgan fingerprint density at radius 3 is 3.08 bits per heavy atom. The van der Waals surface area contributed by atoms with Crippen LogP contribution < -0.4 is 4.90 Å². The number of nitrogens with zero attached hydrogens (tertiary/aromatic N) is 6. The summed E-state index contributed by atoms with van der Waals surface area (Å²) in [6.45, 7) is 1.97. The highest BCUT2D eigenvalue weighted by atomic mass is 35.5. The number of anilines is 1. The van der Waals surface area contributed by atoms with Crippen molar-refractivity contribution in [3.05, 3.63) is 34.6 Å². The summed E-state index contributed by atoms with van der Waals surface area (Å²) >= 11 is 6.16. The Morgan fingerprint density at radius 1 is 1.48 bits per heavy atom. The van der Waals surface area contributed by atoms with Crippen LogP contribution in [0.25, 0.3) is 5.69 Å². The highest BCUT2D eigenvalue weighted by molar-refractivity contribution is 6.31. The summed E-state index contributed by atoms with van der Waals surface area (Å²) in [6.07, 6.45) is 2.03. The van der Waals surface area contributed by atoms with Crippen molar-refractivity contribution in [1.82, 2.24) is 15.0 Å². The molecule has 126 valence electrons. The fourth-order valence-corrected chi connectivity index (χ4v) is 3.34. The first kappa shape index (κ1) is 15.6. The lowest BCUT2D eigenvalue weighted by atomic mass is 10.0. The number of fused-ring (bicyclic) bond motifs is 5.